The number of nitrogens with zero attached hydrogens (tertiary/aromatic N) is 1. The molecule has 5 heteroatoms. The third-order valence-electron chi connectivity index (χ3n) is 2.45. The largest absolute Gasteiger partial charge is 0.391 e. The van der Waals surface area contributed by atoms with E-state index in [9.17, 15) is 14.7 Å². The number of rotatable bonds is 1. The first-order valence-corrected chi connectivity index (χ1v) is 4.83. The topological polar surface area (TPSA) is 73.4 Å². The second-order valence-corrected chi connectivity index (χ2v) is 3.62. The van der Waals surface area contributed by atoms with Crippen molar-refractivity contribution in [2.75, 3.05) is 13.1 Å². The van der Waals surface area contributed by atoms with Gasteiger partial charge in [-0.15, -0.1) is 0 Å². The number of amides is 1. The standard InChI is InChI=1S/C10H12N2O3/c13-7-4-5-12(6-7)10(15)8-2-1-3-9(14)11-8/h1-3,7,13H,4-6H2,(H,11,14)/t7-/m1/s1. The van der Waals surface area contributed by atoms with Crippen molar-refractivity contribution in [3.8, 4) is 0 Å². The average molecular weight is 208 g/mol. The fraction of sp³-hybridized carbons (Fsp3) is 0.400. The van der Waals surface area contributed by atoms with E-state index >= 15 is 0 Å². The molecule has 0 bridgehead atoms. The Morgan fingerprint density at radius 3 is 2.93 bits per heavy atom. The predicted octanol–water partition coefficient (Wildman–Crippen LogP) is -0.418. The molecule has 1 saturated heterocycles. The maximum absolute atomic E-state index is 11.8. The second-order valence-electron chi connectivity index (χ2n) is 3.62. The molecule has 2 heterocycles. The van der Waals surface area contributed by atoms with Crippen LogP contribution in [0.2, 0.25) is 0 Å². The molecule has 0 aliphatic carbocycles. The van der Waals surface area contributed by atoms with Crippen LogP contribution in [-0.2, 0) is 0 Å². The summed E-state index contributed by atoms with van der Waals surface area (Å²) in [6, 6.07) is 4.46. The maximum atomic E-state index is 11.8. The van der Waals surface area contributed by atoms with Crippen LogP contribution in [0.15, 0.2) is 23.0 Å². The minimum absolute atomic E-state index is 0.232. The monoisotopic (exact) mass is 208 g/mol. The number of aromatic amines is 1. The predicted molar refractivity (Wildman–Crippen MR) is 53.6 cm³/mol. The first kappa shape index (κ1) is 9.92. The number of hydrogen-bond acceptors (Lipinski definition) is 3. The van der Waals surface area contributed by atoms with Crippen LogP contribution in [0, 0.1) is 0 Å². The van der Waals surface area contributed by atoms with E-state index < -0.39 is 6.10 Å². The number of aromatic nitrogens is 1. The summed E-state index contributed by atoms with van der Waals surface area (Å²) in [6.45, 7) is 0.882. The van der Waals surface area contributed by atoms with Crippen molar-refractivity contribution in [3.05, 3.63) is 34.2 Å². The third-order valence-corrected chi connectivity index (χ3v) is 2.45. The van der Waals surface area contributed by atoms with Crippen molar-refractivity contribution >= 4 is 5.91 Å². The van der Waals surface area contributed by atoms with Gasteiger partial charge < -0.3 is 15.0 Å². The van der Waals surface area contributed by atoms with E-state index in [4.69, 9.17) is 0 Å². The first-order valence-electron chi connectivity index (χ1n) is 4.83. The van der Waals surface area contributed by atoms with Gasteiger partial charge in [0.15, 0.2) is 0 Å². The quantitative estimate of drug-likeness (QED) is 0.658. The fourth-order valence-corrected chi connectivity index (χ4v) is 1.67. The van der Waals surface area contributed by atoms with Crippen molar-refractivity contribution in [1.82, 2.24) is 9.88 Å². The Hall–Kier alpha value is -1.62. The summed E-state index contributed by atoms with van der Waals surface area (Å²) >= 11 is 0. The van der Waals surface area contributed by atoms with Gasteiger partial charge in [0.1, 0.15) is 5.69 Å². The van der Waals surface area contributed by atoms with Gasteiger partial charge >= 0.3 is 0 Å². The van der Waals surface area contributed by atoms with Gasteiger partial charge in [-0.25, -0.2) is 0 Å². The van der Waals surface area contributed by atoms with E-state index in [0.717, 1.165) is 0 Å². The number of nitrogens with one attached hydrogen (secondary N) is 1. The first-order chi connectivity index (χ1) is 7.16. The molecule has 0 aromatic carbocycles. The fourth-order valence-electron chi connectivity index (χ4n) is 1.67. The van der Waals surface area contributed by atoms with Crippen LogP contribution in [0.25, 0.3) is 0 Å². The number of carbonyl (C=O) groups is 1. The van der Waals surface area contributed by atoms with Crippen LogP contribution in [0.5, 0.6) is 0 Å². The lowest BCUT2D eigenvalue weighted by Crippen LogP contribution is -2.31. The van der Waals surface area contributed by atoms with Gasteiger partial charge in [0.25, 0.3) is 5.91 Å². The van der Waals surface area contributed by atoms with Crippen LogP contribution in [0.3, 0.4) is 0 Å². The molecule has 1 aromatic rings. The molecule has 2 N–H and O–H groups in total. The lowest BCUT2D eigenvalue weighted by atomic mass is 10.3. The number of hydrogen-bond donors (Lipinski definition) is 2. The molecule has 0 saturated carbocycles. The highest BCUT2D eigenvalue weighted by atomic mass is 16.3. The summed E-state index contributed by atoms with van der Waals surface area (Å²) in [7, 11) is 0. The molecular weight excluding hydrogens is 196 g/mol. The minimum Gasteiger partial charge on any atom is -0.391 e. The Labute approximate surface area is 86.3 Å². The lowest BCUT2D eigenvalue weighted by molar-refractivity contribution is 0.0759. The molecule has 1 fully saturated rings. The van der Waals surface area contributed by atoms with Crippen LogP contribution >= 0.6 is 0 Å². The number of pyridine rings is 1. The molecule has 5 nitrogen and oxygen atoms in total. The van der Waals surface area contributed by atoms with Crippen LogP contribution in [0.1, 0.15) is 16.9 Å². The van der Waals surface area contributed by atoms with Crippen LogP contribution in [0.4, 0.5) is 0 Å². The Morgan fingerprint density at radius 2 is 2.33 bits per heavy atom. The van der Waals surface area contributed by atoms with Gasteiger partial charge in [-0.2, -0.15) is 0 Å². The summed E-state index contributed by atoms with van der Waals surface area (Å²) in [5.41, 5.74) is -0.0165. The zero-order chi connectivity index (χ0) is 10.8. The lowest BCUT2D eigenvalue weighted by Gasteiger charge is -2.14. The molecule has 1 aliphatic rings. The van der Waals surface area contributed by atoms with E-state index in [1.54, 1.807) is 12.1 Å². The molecular formula is C10H12N2O3. The third kappa shape index (κ3) is 2.07. The van der Waals surface area contributed by atoms with E-state index in [1.807, 2.05) is 0 Å². The molecule has 1 atom stereocenters. The van der Waals surface area contributed by atoms with Crippen molar-refractivity contribution < 1.29 is 9.90 Å². The number of H-pyrrole nitrogens is 1. The molecule has 0 unspecified atom stereocenters. The molecule has 0 radical (unpaired) electrons. The van der Waals surface area contributed by atoms with Crippen molar-refractivity contribution in [3.63, 3.8) is 0 Å². The highest BCUT2D eigenvalue weighted by molar-refractivity contribution is 5.92. The number of aliphatic hydroxyl groups is 1. The van der Waals surface area contributed by atoms with Crippen molar-refractivity contribution in [1.29, 1.82) is 0 Å². The van der Waals surface area contributed by atoms with Crippen molar-refractivity contribution in [2.24, 2.45) is 0 Å². The summed E-state index contributed by atoms with van der Waals surface area (Å²) in [4.78, 5) is 26.8. The van der Waals surface area contributed by atoms with Gasteiger partial charge in [-0.05, 0) is 12.5 Å². The number of carbonyl (C=O) groups excluding carboxylic acids is 1. The smallest absolute Gasteiger partial charge is 0.270 e. The van der Waals surface area contributed by atoms with E-state index in [-0.39, 0.29) is 17.2 Å². The molecule has 1 aromatic heterocycles. The van der Waals surface area contributed by atoms with Crippen LogP contribution in [-0.4, -0.2) is 40.1 Å². The van der Waals surface area contributed by atoms with E-state index in [2.05, 4.69) is 4.98 Å². The minimum atomic E-state index is -0.440. The Balaban J connectivity index is 2.18. The number of β-amino-alcohol motifs (C(OH)–C–C–N with tert-alkyl or cyclic N) is 1. The molecule has 2 rings (SSSR count). The zero-order valence-corrected chi connectivity index (χ0v) is 8.14. The van der Waals surface area contributed by atoms with Gasteiger partial charge in [-0.3, -0.25) is 9.59 Å². The normalized spacial score (nSPS) is 20.6. The maximum Gasteiger partial charge on any atom is 0.270 e. The van der Waals surface area contributed by atoms with E-state index in [1.165, 1.54) is 11.0 Å². The highest BCUT2D eigenvalue weighted by Gasteiger charge is 2.25. The van der Waals surface area contributed by atoms with Gasteiger partial charge in [0.2, 0.25) is 5.56 Å². The molecule has 15 heavy (non-hydrogen) atoms. The Morgan fingerprint density at radius 1 is 1.53 bits per heavy atom. The second kappa shape index (κ2) is 3.86. The van der Waals surface area contributed by atoms with Crippen LogP contribution < -0.4 is 5.56 Å². The number of likely N-dealkylation sites (tertiary alicyclic amines) is 1. The summed E-state index contributed by atoms with van der Waals surface area (Å²) in [5, 5.41) is 9.28. The van der Waals surface area contributed by atoms with Gasteiger partial charge in [-0.1, -0.05) is 6.07 Å². The van der Waals surface area contributed by atoms with Gasteiger partial charge in [0, 0.05) is 19.2 Å². The highest BCUT2D eigenvalue weighted by Crippen LogP contribution is 2.11. The molecule has 1 amide bonds. The summed E-state index contributed by atoms with van der Waals surface area (Å²) in [5.74, 6) is -0.232. The molecule has 0 spiro atoms. The molecule has 1 aliphatic heterocycles. The molecule has 80 valence electrons. The number of aliphatic hydroxyl groups excluding tert-OH is 1. The summed E-state index contributed by atoms with van der Waals surface area (Å²) < 4.78 is 0. The Bertz CT molecular complexity index is 427. The average Bonchev–Trinajstić information content (AvgIpc) is 2.64. The zero-order valence-electron chi connectivity index (χ0n) is 8.14. The SMILES string of the molecule is O=C(c1cccc(=O)[nH]1)N1CC[C@@H](O)C1. The summed E-state index contributed by atoms with van der Waals surface area (Å²) in [6.07, 6.45) is 0.160. The van der Waals surface area contributed by atoms with E-state index in [0.29, 0.717) is 19.5 Å². The van der Waals surface area contributed by atoms with Gasteiger partial charge in [0.05, 0.1) is 6.10 Å². The Kier molecular flexibility index (Phi) is 2.55. The van der Waals surface area contributed by atoms with Crippen molar-refractivity contribution in [2.45, 2.75) is 12.5 Å².